The molecule has 0 aliphatic carbocycles. The Morgan fingerprint density at radius 1 is 0.889 bits per heavy atom. The molecular formula is C21H19Cl2NO2S. The topological polar surface area (TPSA) is 37.4 Å². The monoisotopic (exact) mass is 419 g/mol. The van der Waals surface area contributed by atoms with E-state index >= 15 is 0 Å². The van der Waals surface area contributed by atoms with Crippen LogP contribution >= 0.6 is 23.2 Å². The van der Waals surface area contributed by atoms with E-state index in [-0.39, 0.29) is 11.4 Å². The average molecular weight is 420 g/mol. The highest BCUT2D eigenvalue weighted by molar-refractivity contribution is 7.92. The van der Waals surface area contributed by atoms with Crippen molar-refractivity contribution in [2.45, 2.75) is 25.3 Å². The van der Waals surface area contributed by atoms with Crippen molar-refractivity contribution >= 4 is 38.9 Å². The van der Waals surface area contributed by atoms with E-state index in [0.29, 0.717) is 21.3 Å². The molecule has 27 heavy (non-hydrogen) atoms. The van der Waals surface area contributed by atoms with Gasteiger partial charge >= 0.3 is 0 Å². The Balaban J connectivity index is 2.16. The summed E-state index contributed by atoms with van der Waals surface area (Å²) in [6.07, 6.45) is 0. The first-order valence-corrected chi connectivity index (χ1v) is 10.6. The Morgan fingerprint density at radius 2 is 1.59 bits per heavy atom. The maximum Gasteiger partial charge on any atom is 0.264 e. The van der Waals surface area contributed by atoms with Crippen LogP contribution in [0.1, 0.15) is 16.7 Å². The minimum Gasteiger partial charge on any atom is -0.262 e. The van der Waals surface area contributed by atoms with Crippen LogP contribution in [0.3, 0.4) is 0 Å². The molecule has 0 aliphatic heterocycles. The molecule has 0 saturated carbocycles. The number of aryl methyl sites for hydroxylation is 2. The lowest BCUT2D eigenvalue weighted by Crippen LogP contribution is -2.31. The van der Waals surface area contributed by atoms with Crippen molar-refractivity contribution < 1.29 is 8.42 Å². The number of halogens is 2. The standard InChI is InChI=1S/C21H19Cl2NO2S/c1-15-8-9-16(2)21(12-15)24(14-17-10-11-18(22)13-20(17)23)27(25,26)19-6-4-3-5-7-19/h3-13H,14H2,1-2H3. The van der Waals surface area contributed by atoms with Crippen molar-refractivity contribution in [1.29, 1.82) is 0 Å². The van der Waals surface area contributed by atoms with Gasteiger partial charge in [-0.3, -0.25) is 4.31 Å². The van der Waals surface area contributed by atoms with Crippen molar-refractivity contribution in [2.75, 3.05) is 4.31 Å². The van der Waals surface area contributed by atoms with Crippen molar-refractivity contribution in [1.82, 2.24) is 0 Å². The second kappa shape index (κ2) is 7.93. The maximum atomic E-state index is 13.4. The molecular weight excluding hydrogens is 401 g/mol. The van der Waals surface area contributed by atoms with Gasteiger partial charge in [-0.2, -0.15) is 0 Å². The van der Waals surface area contributed by atoms with Crippen LogP contribution in [0, 0.1) is 13.8 Å². The number of anilines is 1. The average Bonchev–Trinajstić information content (AvgIpc) is 2.64. The SMILES string of the molecule is Cc1ccc(C)c(N(Cc2ccc(Cl)cc2Cl)S(=O)(=O)c2ccccc2)c1. The number of hydrogen-bond acceptors (Lipinski definition) is 2. The summed E-state index contributed by atoms with van der Waals surface area (Å²) in [5.41, 5.74) is 3.16. The Morgan fingerprint density at radius 3 is 2.26 bits per heavy atom. The van der Waals surface area contributed by atoms with Crippen LogP contribution in [0.5, 0.6) is 0 Å². The fraction of sp³-hybridized carbons (Fsp3) is 0.143. The molecule has 0 aliphatic rings. The predicted molar refractivity (Wildman–Crippen MR) is 112 cm³/mol. The lowest BCUT2D eigenvalue weighted by molar-refractivity contribution is 0.590. The van der Waals surface area contributed by atoms with Crippen molar-refractivity contribution in [3.8, 4) is 0 Å². The molecule has 0 aromatic heterocycles. The van der Waals surface area contributed by atoms with E-state index in [9.17, 15) is 8.42 Å². The molecule has 0 N–H and O–H groups in total. The zero-order valence-electron chi connectivity index (χ0n) is 15.0. The Kier molecular flexibility index (Phi) is 5.80. The summed E-state index contributed by atoms with van der Waals surface area (Å²) in [7, 11) is -3.78. The van der Waals surface area contributed by atoms with E-state index in [1.54, 1.807) is 48.5 Å². The Labute approximate surface area is 170 Å². The number of nitrogens with zero attached hydrogens (tertiary/aromatic N) is 1. The zero-order valence-corrected chi connectivity index (χ0v) is 17.3. The number of rotatable bonds is 5. The Hall–Kier alpha value is -2.01. The first-order chi connectivity index (χ1) is 12.8. The number of sulfonamides is 1. The molecule has 0 bridgehead atoms. The van der Waals surface area contributed by atoms with Gasteiger partial charge in [0.05, 0.1) is 17.1 Å². The van der Waals surface area contributed by atoms with E-state index in [1.165, 1.54) is 4.31 Å². The van der Waals surface area contributed by atoms with Crippen molar-refractivity contribution in [3.63, 3.8) is 0 Å². The molecule has 6 heteroatoms. The van der Waals surface area contributed by atoms with E-state index in [1.807, 2.05) is 32.0 Å². The summed E-state index contributed by atoms with van der Waals surface area (Å²) < 4.78 is 28.3. The van der Waals surface area contributed by atoms with E-state index < -0.39 is 10.0 Å². The first kappa shape index (κ1) is 19.7. The molecule has 0 spiro atoms. The van der Waals surface area contributed by atoms with Crippen molar-refractivity contribution in [3.05, 3.63) is 93.5 Å². The van der Waals surface area contributed by atoms with Crippen LogP contribution in [-0.2, 0) is 16.6 Å². The molecule has 140 valence electrons. The van der Waals surface area contributed by atoms with Gasteiger partial charge in [-0.15, -0.1) is 0 Å². The molecule has 0 unspecified atom stereocenters. The summed E-state index contributed by atoms with van der Waals surface area (Å²) in [5.74, 6) is 0. The highest BCUT2D eigenvalue weighted by Gasteiger charge is 2.27. The van der Waals surface area contributed by atoms with Gasteiger partial charge in [0, 0.05) is 10.0 Å². The van der Waals surface area contributed by atoms with Gasteiger partial charge in [0.25, 0.3) is 10.0 Å². The lowest BCUT2D eigenvalue weighted by Gasteiger charge is -2.27. The minimum atomic E-state index is -3.78. The van der Waals surface area contributed by atoms with Crippen LogP contribution in [0.4, 0.5) is 5.69 Å². The normalized spacial score (nSPS) is 11.4. The van der Waals surface area contributed by atoms with Crippen LogP contribution in [0.2, 0.25) is 10.0 Å². The second-order valence-corrected chi connectivity index (χ2v) is 9.06. The van der Waals surface area contributed by atoms with Gasteiger partial charge in [-0.25, -0.2) is 8.42 Å². The molecule has 0 saturated heterocycles. The molecule has 3 nitrogen and oxygen atoms in total. The minimum absolute atomic E-state index is 0.109. The van der Waals surface area contributed by atoms with Crippen molar-refractivity contribution in [2.24, 2.45) is 0 Å². The smallest absolute Gasteiger partial charge is 0.262 e. The molecule has 0 atom stereocenters. The summed E-state index contributed by atoms with van der Waals surface area (Å²) >= 11 is 12.3. The molecule has 3 rings (SSSR count). The molecule has 0 heterocycles. The second-order valence-electron chi connectivity index (χ2n) is 6.35. The molecule has 3 aromatic carbocycles. The van der Waals surface area contributed by atoms with E-state index in [0.717, 1.165) is 11.1 Å². The maximum absolute atomic E-state index is 13.4. The number of hydrogen-bond donors (Lipinski definition) is 0. The Bertz CT molecular complexity index is 1070. The fourth-order valence-corrected chi connectivity index (χ4v) is 4.80. The van der Waals surface area contributed by atoms with Crippen LogP contribution in [0.25, 0.3) is 0 Å². The third kappa shape index (κ3) is 4.29. The molecule has 0 radical (unpaired) electrons. The third-order valence-electron chi connectivity index (χ3n) is 4.29. The molecule has 0 fully saturated rings. The molecule has 0 amide bonds. The van der Waals surface area contributed by atoms with Gasteiger partial charge in [-0.05, 0) is 60.9 Å². The van der Waals surface area contributed by atoms with Crippen LogP contribution in [0.15, 0.2) is 71.6 Å². The van der Waals surface area contributed by atoms with Crippen LogP contribution < -0.4 is 4.31 Å². The first-order valence-electron chi connectivity index (χ1n) is 8.38. The van der Waals surface area contributed by atoms with E-state index in [4.69, 9.17) is 23.2 Å². The summed E-state index contributed by atoms with van der Waals surface area (Å²) in [5, 5.41) is 0.939. The quantitative estimate of drug-likeness (QED) is 0.507. The summed E-state index contributed by atoms with van der Waals surface area (Å²) in [4.78, 5) is 0.232. The van der Waals surface area contributed by atoms with Gasteiger partial charge in [0.2, 0.25) is 0 Å². The highest BCUT2D eigenvalue weighted by Crippen LogP contribution is 2.31. The van der Waals surface area contributed by atoms with Gasteiger partial charge in [0.1, 0.15) is 0 Å². The zero-order chi connectivity index (χ0) is 19.6. The van der Waals surface area contributed by atoms with Gasteiger partial charge < -0.3 is 0 Å². The lowest BCUT2D eigenvalue weighted by atomic mass is 10.1. The summed E-state index contributed by atoms with van der Waals surface area (Å²) in [6, 6.07) is 19.2. The van der Waals surface area contributed by atoms with Gasteiger partial charge in [0.15, 0.2) is 0 Å². The predicted octanol–water partition coefficient (Wildman–Crippen LogP) is 6.01. The van der Waals surface area contributed by atoms with Crippen LogP contribution in [-0.4, -0.2) is 8.42 Å². The highest BCUT2D eigenvalue weighted by atomic mass is 35.5. The number of benzene rings is 3. The molecule has 3 aromatic rings. The fourth-order valence-electron chi connectivity index (χ4n) is 2.81. The summed E-state index contributed by atoms with van der Waals surface area (Å²) in [6.45, 7) is 3.94. The van der Waals surface area contributed by atoms with E-state index in [2.05, 4.69) is 0 Å². The third-order valence-corrected chi connectivity index (χ3v) is 6.65. The largest absolute Gasteiger partial charge is 0.264 e. The van der Waals surface area contributed by atoms with Gasteiger partial charge in [-0.1, -0.05) is 59.6 Å².